The van der Waals surface area contributed by atoms with Gasteiger partial charge in [-0.3, -0.25) is 9.59 Å². The lowest BCUT2D eigenvalue weighted by atomic mass is 9.95. The number of nitrogens with zero attached hydrogens (tertiary/aromatic N) is 2. The Morgan fingerprint density at radius 3 is 2.59 bits per heavy atom. The molecular formula is C17H25N3O2. The predicted molar refractivity (Wildman–Crippen MR) is 86.3 cm³/mol. The molecule has 1 saturated heterocycles. The van der Waals surface area contributed by atoms with E-state index in [1.165, 1.54) is 0 Å². The molecule has 2 amide bonds. The monoisotopic (exact) mass is 303 g/mol. The van der Waals surface area contributed by atoms with E-state index in [9.17, 15) is 9.59 Å². The molecule has 120 valence electrons. The second-order valence-electron chi connectivity index (χ2n) is 5.82. The number of piperidine rings is 1. The van der Waals surface area contributed by atoms with Crippen LogP contribution in [0.3, 0.4) is 0 Å². The van der Waals surface area contributed by atoms with E-state index in [0.29, 0.717) is 25.2 Å². The number of hydrogen-bond donors (Lipinski definition) is 1. The maximum Gasteiger partial charge on any atom is 0.253 e. The number of hydrogen-bond acceptors (Lipinski definition) is 3. The van der Waals surface area contributed by atoms with Gasteiger partial charge in [0.25, 0.3) is 5.91 Å². The third kappa shape index (κ3) is 3.65. The Balaban J connectivity index is 1.96. The fourth-order valence-corrected chi connectivity index (χ4v) is 2.81. The second kappa shape index (κ2) is 7.40. The van der Waals surface area contributed by atoms with Crippen molar-refractivity contribution in [3.8, 4) is 0 Å². The van der Waals surface area contributed by atoms with Crippen LogP contribution in [0.4, 0.5) is 0 Å². The van der Waals surface area contributed by atoms with Gasteiger partial charge in [-0.1, -0.05) is 12.1 Å². The van der Waals surface area contributed by atoms with Crippen molar-refractivity contribution in [3.05, 3.63) is 35.4 Å². The maximum absolute atomic E-state index is 12.5. The number of carbonyl (C=O) groups excluding carboxylic acids is 2. The molecular weight excluding hydrogens is 278 g/mol. The molecule has 2 rings (SSSR count). The molecule has 0 spiro atoms. The fourth-order valence-electron chi connectivity index (χ4n) is 2.81. The van der Waals surface area contributed by atoms with Crippen molar-refractivity contribution in [2.75, 3.05) is 26.7 Å². The molecule has 0 bridgehead atoms. The van der Waals surface area contributed by atoms with Crippen molar-refractivity contribution in [2.24, 2.45) is 11.7 Å². The van der Waals surface area contributed by atoms with Gasteiger partial charge in [0.05, 0.1) is 0 Å². The molecule has 2 N–H and O–H groups in total. The molecule has 5 nitrogen and oxygen atoms in total. The van der Waals surface area contributed by atoms with E-state index in [1.54, 1.807) is 4.90 Å². The Labute approximate surface area is 132 Å². The number of carbonyl (C=O) groups is 2. The normalized spacial score (nSPS) is 15.7. The van der Waals surface area contributed by atoms with E-state index in [-0.39, 0.29) is 17.7 Å². The summed E-state index contributed by atoms with van der Waals surface area (Å²) in [5.41, 5.74) is 7.26. The van der Waals surface area contributed by atoms with Crippen LogP contribution in [0.25, 0.3) is 0 Å². The van der Waals surface area contributed by atoms with Gasteiger partial charge in [-0.25, -0.2) is 0 Å². The van der Waals surface area contributed by atoms with Crippen LogP contribution >= 0.6 is 0 Å². The topological polar surface area (TPSA) is 66.6 Å². The average Bonchev–Trinajstić information content (AvgIpc) is 2.59. The first-order chi connectivity index (χ1) is 10.6. The number of likely N-dealkylation sites (tertiary alicyclic amines) is 1. The van der Waals surface area contributed by atoms with Crippen LogP contribution in [0.15, 0.2) is 24.3 Å². The second-order valence-corrected chi connectivity index (χ2v) is 5.82. The summed E-state index contributed by atoms with van der Waals surface area (Å²) in [7, 11) is 1.83. The standard InChI is InChI=1S/C17H25N3O2/c1-3-19(2)16(21)14-7-9-20(10-8-14)17(22)15-6-4-5-13(11-15)12-18/h4-6,11,14H,3,7-10,12,18H2,1-2H3. The highest BCUT2D eigenvalue weighted by molar-refractivity contribution is 5.94. The lowest BCUT2D eigenvalue weighted by molar-refractivity contribution is -0.135. The van der Waals surface area contributed by atoms with Crippen molar-refractivity contribution >= 4 is 11.8 Å². The first-order valence-electron chi connectivity index (χ1n) is 7.90. The SMILES string of the molecule is CCN(C)C(=O)C1CCN(C(=O)c2cccc(CN)c2)CC1. The van der Waals surface area contributed by atoms with E-state index >= 15 is 0 Å². The van der Waals surface area contributed by atoms with Crippen LogP contribution in [0, 0.1) is 5.92 Å². The molecule has 0 unspecified atom stereocenters. The van der Waals surface area contributed by atoms with Gasteiger partial charge in [0.2, 0.25) is 5.91 Å². The van der Waals surface area contributed by atoms with Crippen LogP contribution < -0.4 is 5.73 Å². The smallest absolute Gasteiger partial charge is 0.253 e. The highest BCUT2D eigenvalue weighted by atomic mass is 16.2. The number of benzene rings is 1. The maximum atomic E-state index is 12.5. The van der Waals surface area contributed by atoms with Crippen molar-refractivity contribution in [3.63, 3.8) is 0 Å². The Morgan fingerprint density at radius 2 is 2.00 bits per heavy atom. The average molecular weight is 303 g/mol. The fraction of sp³-hybridized carbons (Fsp3) is 0.529. The molecule has 0 atom stereocenters. The highest BCUT2D eigenvalue weighted by Gasteiger charge is 2.29. The molecule has 0 aromatic heterocycles. The first-order valence-corrected chi connectivity index (χ1v) is 7.90. The predicted octanol–water partition coefficient (Wildman–Crippen LogP) is 1.48. The summed E-state index contributed by atoms with van der Waals surface area (Å²) in [6, 6.07) is 7.46. The molecule has 1 aromatic rings. The zero-order chi connectivity index (χ0) is 16.1. The van der Waals surface area contributed by atoms with Crippen molar-refractivity contribution in [1.29, 1.82) is 0 Å². The summed E-state index contributed by atoms with van der Waals surface area (Å²) in [6.45, 7) is 4.41. The van der Waals surface area contributed by atoms with Crippen LogP contribution in [-0.2, 0) is 11.3 Å². The van der Waals surface area contributed by atoms with Gasteiger partial charge >= 0.3 is 0 Å². The van der Waals surface area contributed by atoms with Crippen molar-refractivity contribution < 1.29 is 9.59 Å². The molecule has 1 aliphatic heterocycles. The zero-order valence-corrected chi connectivity index (χ0v) is 13.4. The van der Waals surface area contributed by atoms with Gasteiger partial charge in [0.1, 0.15) is 0 Å². The minimum atomic E-state index is 0.0324. The van der Waals surface area contributed by atoms with Crippen LogP contribution in [-0.4, -0.2) is 48.3 Å². The van der Waals surface area contributed by atoms with Gasteiger partial charge in [0, 0.05) is 44.7 Å². The third-order valence-electron chi connectivity index (χ3n) is 4.39. The summed E-state index contributed by atoms with van der Waals surface area (Å²) in [5.74, 6) is 0.272. The summed E-state index contributed by atoms with van der Waals surface area (Å²) in [6.07, 6.45) is 1.48. The molecule has 5 heteroatoms. The van der Waals surface area contributed by atoms with E-state index in [1.807, 2.05) is 43.1 Å². The summed E-state index contributed by atoms with van der Waals surface area (Å²) in [5, 5.41) is 0. The van der Waals surface area contributed by atoms with Crippen LogP contribution in [0.1, 0.15) is 35.7 Å². The van der Waals surface area contributed by atoms with E-state index in [4.69, 9.17) is 5.73 Å². The number of rotatable bonds is 4. The number of amides is 2. The molecule has 1 fully saturated rings. The van der Waals surface area contributed by atoms with Gasteiger partial charge in [0.15, 0.2) is 0 Å². The van der Waals surface area contributed by atoms with Gasteiger partial charge in [-0.15, -0.1) is 0 Å². The largest absolute Gasteiger partial charge is 0.346 e. The van der Waals surface area contributed by atoms with E-state index < -0.39 is 0 Å². The van der Waals surface area contributed by atoms with Gasteiger partial charge in [-0.2, -0.15) is 0 Å². The molecule has 1 heterocycles. The molecule has 1 aliphatic rings. The summed E-state index contributed by atoms with van der Waals surface area (Å²) >= 11 is 0. The Morgan fingerprint density at radius 1 is 1.32 bits per heavy atom. The van der Waals surface area contributed by atoms with Gasteiger partial charge < -0.3 is 15.5 Å². The van der Waals surface area contributed by atoms with Crippen LogP contribution in [0.2, 0.25) is 0 Å². The Kier molecular flexibility index (Phi) is 5.55. The molecule has 0 saturated carbocycles. The quantitative estimate of drug-likeness (QED) is 0.916. The molecule has 22 heavy (non-hydrogen) atoms. The summed E-state index contributed by atoms with van der Waals surface area (Å²) in [4.78, 5) is 28.3. The molecule has 1 aromatic carbocycles. The zero-order valence-electron chi connectivity index (χ0n) is 13.4. The van der Waals surface area contributed by atoms with E-state index in [2.05, 4.69) is 0 Å². The number of nitrogens with two attached hydrogens (primary N) is 1. The third-order valence-corrected chi connectivity index (χ3v) is 4.39. The lowest BCUT2D eigenvalue weighted by Gasteiger charge is -2.33. The van der Waals surface area contributed by atoms with Crippen LogP contribution in [0.5, 0.6) is 0 Å². The Bertz CT molecular complexity index is 536. The summed E-state index contributed by atoms with van der Waals surface area (Å²) < 4.78 is 0. The van der Waals surface area contributed by atoms with E-state index in [0.717, 1.165) is 24.9 Å². The minimum Gasteiger partial charge on any atom is -0.346 e. The molecule has 0 aliphatic carbocycles. The Hall–Kier alpha value is -1.88. The molecule has 0 radical (unpaired) electrons. The van der Waals surface area contributed by atoms with Crippen molar-refractivity contribution in [1.82, 2.24) is 9.80 Å². The lowest BCUT2D eigenvalue weighted by Crippen LogP contribution is -2.43. The first kappa shape index (κ1) is 16.5. The minimum absolute atomic E-state index is 0.0324. The van der Waals surface area contributed by atoms with Gasteiger partial charge in [-0.05, 0) is 37.5 Å². The van der Waals surface area contributed by atoms with Crippen molar-refractivity contribution in [2.45, 2.75) is 26.3 Å². The highest BCUT2D eigenvalue weighted by Crippen LogP contribution is 2.21.